The minimum atomic E-state index is -0.366. The molecule has 0 bridgehead atoms. The van der Waals surface area contributed by atoms with Crippen molar-refractivity contribution in [3.8, 4) is 0 Å². The van der Waals surface area contributed by atoms with Gasteiger partial charge in [0, 0.05) is 44.2 Å². The molecule has 6 heteroatoms. The molecule has 0 spiro atoms. The number of urea groups is 1. The highest BCUT2D eigenvalue weighted by Gasteiger charge is 2.26. The van der Waals surface area contributed by atoms with E-state index in [4.69, 9.17) is 4.74 Å². The van der Waals surface area contributed by atoms with Crippen LogP contribution in [0, 0.1) is 17.7 Å². The molecule has 0 aromatic heterocycles. The van der Waals surface area contributed by atoms with Gasteiger partial charge in [0.25, 0.3) is 0 Å². The van der Waals surface area contributed by atoms with E-state index in [-0.39, 0.29) is 23.9 Å². The van der Waals surface area contributed by atoms with E-state index in [9.17, 15) is 9.18 Å². The van der Waals surface area contributed by atoms with Gasteiger partial charge < -0.3 is 9.64 Å². The summed E-state index contributed by atoms with van der Waals surface area (Å²) in [4.78, 5) is 21.6. The summed E-state index contributed by atoms with van der Waals surface area (Å²) < 4.78 is 19.4. The lowest BCUT2D eigenvalue weighted by atomic mass is 9.90. The van der Waals surface area contributed by atoms with Crippen LogP contribution in [0.3, 0.4) is 0 Å². The first-order chi connectivity index (χ1) is 17.1. The van der Waals surface area contributed by atoms with Crippen LogP contribution in [0.25, 0.3) is 0 Å². The van der Waals surface area contributed by atoms with E-state index >= 15 is 0 Å². The monoisotopic (exact) mass is 493 g/mol. The maximum Gasteiger partial charge on any atom is 0.328 e. The predicted octanol–water partition coefficient (Wildman–Crippen LogP) is 7.66. The summed E-state index contributed by atoms with van der Waals surface area (Å²) in [5, 5.41) is 0. The van der Waals surface area contributed by atoms with Gasteiger partial charge in [-0.25, -0.2) is 14.2 Å². The molecule has 2 atom stereocenters. The standard InChI is InChI=1S/C30H40FN3O2/c1-8-9-10-15-28(32-25(6)36-22(2)3)20-24(5)34(29-18-16-27(31)17-19-29)30(35)33(7)21-26-14-12-11-13-23(26)4/h9-19,22-23,26H,5,8,20-21H2,1-4,6-7H3/b10-9+,28-15-,32-25?. The highest BCUT2D eigenvalue weighted by molar-refractivity contribution is 5.95. The molecule has 2 rings (SSSR count). The van der Waals surface area contributed by atoms with Gasteiger partial charge in [0.15, 0.2) is 5.90 Å². The molecule has 1 aliphatic rings. The Morgan fingerprint density at radius 3 is 2.50 bits per heavy atom. The zero-order chi connectivity index (χ0) is 26.7. The summed E-state index contributed by atoms with van der Waals surface area (Å²) in [6.45, 7) is 14.7. The van der Waals surface area contributed by atoms with Crippen molar-refractivity contribution in [2.45, 2.75) is 53.6 Å². The quantitative estimate of drug-likeness (QED) is 0.191. The van der Waals surface area contributed by atoms with Gasteiger partial charge in [-0.15, -0.1) is 0 Å². The molecule has 1 aromatic carbocycles. The molecule has 0 fully saturated rings. The Hall–Kier alpha value is -3.41. The first kappa shape index (κ1) is 28.8. The fourth-order valence-electron chi connectivity index (χ4n) is 3.88. The number of hydrogen-bond acceptors (Lipinski definition) is 3. The lowest BCUT2D eigenvalue weighted by Crippen LogP contribution is -2.43. The van der Waals surface area contributed by atoms with Crippen molar-refractivity contribution in [2.24, 2.45) is 16.8 Å². The van der Waals surface area contributed by atoms with Gasteiger partial charge in [0.05, 0.1) is 11.8 Å². The van der Waals surface area contributed by atoms with Crippen molar-refractivity contribution >= 4 is 17.6 Å². The van der Waals surface area contributed by atoms with Crippen LogP contribution < -0.4 is 4.90 Å². The van der Waals surface area contributed by atoms with E-state index in [0.29, 0.717) is 41.9 Å². The number of anilines is 1. The second-order valence-electron chi connectivity index (χ2n) is 9.30. The number of aliphatic imine (C=N–C) groups is 1. The predicted molar refractivity (Wildman–Crippen MR) is 148 cm³/mol. The zero-order valence-corrected chi connectivity index (χ0v) is 22.4. The molecular formula is C30H40FN3O2. The number of carbonyl (C=O) groups is 1. The molecule has 0 saturated heterocycles. The number of benzene rings is 1. The third kappa shape index (κ3) is 8.99. The van der Waals surface area contributed by atoms with Crippen LogP contribution in [-0.2, 0) is 4.74 Å². The number of carbonyl (C=O) groups excluding carboxylic acids is 1. The average Bonchev–Trinajstić information content (AvgIpc) is 2.81. The molecule has 0 heterocycles. The number of allylic oxidation sites excluding steroid dienone is 6. The summed E-state index contributed by atoms with van der Waals surface area (Å²) in [5.74, 6) is 0.708. The van der Waals surface area contributed by atoms with Crippen LogP contribution in [0.4, 0.5) is 14.9 Å². The second-order valence-corrected chi connectivity index (χ2v) is 9.30. The SMILES string of the molecule is C=C(C/C(=C/C=C/CC)N=C(C)OC(C)C)N(C(=O)N(C)CC1C=CC=CC1C)c1ccc(F)cc1. The maximum absolute atomic E-state index is 13.7. The lowest BCUT2D eigenvalue weighted by molar-refractivity contribution is 0.209. The van der Waals surface area contributed by atoms with Crippen LogP contribution in [0.15, 0.2) is 89.8 Å². The Labute approximate surface area is 216 Å². The van der Waals surface area contributed by atoms with Crippen LogP contribution in [-0.4, -0.2) is 36.5 Å². The maximum atomic E-state index is 13.7. The molecule has 194 valence electrons. The minimum absolute atomic E-state index is 0.00130. The minimum Gasteiger partial charge on any atom is -0.478 e. The molecule has 0 radical (unpaired) electrons. The Bertz CT molecular complexity index is 1030. The highest BCUT2D eigenvalue weighted by atomic mass is 19.1. The molecule has 1 aromatic rings. The molecule has 5 nitrogen and oxygen atoms in total. The first-order valence-electron chi connectivity index (χ1n) is 12.5. The van der Waals surface area contributed by atoms with Gasteiger partial charge >= 0.3 is 6.03 Å². The van der Waals surface area contributed by atoms with Crippen LogP contribution in [0.5, 0.6) is 0 Å². The van der Waals surface area contributed by atoms with Crippen molar-refractivity contribution in [3.63, 3.8) is 0 Å². The smallest absolute Gasteiger partial charge is 0.328 e. The van der Waals surface area contributed by atoms with Gasteiger partial charge in [0.1, 0.15) is 5.82 Å². The fourth-order valence-corrected chi connectivity index (χ4v) is 3.88. The average molecular weight is 494 g/mol. The zero-order valence-electron chi connectivity index (χ0n) is 22.4. The molecule has 36 heavy (non-hydrogen) atoms. The van der Waals surface area contributed by atoms with Gasteiger partial charge in [-0.1, -0.05) is 56.9 Å². The number of rotatable bonds is 10. The number of hydrogen-bond donors (Lipinski definition) is 0. The molecular weight excluding hydrogens is 453 g/mol. The lowest BCUT2D eigenvalue weighted by Gasteiger charge is -2.32. The van der Waals surface area contributed by atoms with Crippen molar-refractivity contribution < 1.29 is 13.9 Å². The summed E-state index contributed by atoms with van der Waals surface area (Å²) >= 11 is 0. The Kier molecular flexibility index (Phi) is 11.4. The summed E-state index contributed by atoms with van der Waals surface area (Å²) in [6.07, 6.45) is 15.4. The number of halogens is 1. The normalized spacial score (nSPS) is 18.1. The van der Waals surface area contributed by atoms with Crippen LogP contribution in [0.1, 0.15) is 47.5 Å². The Morgan fingerprint density at radius 1 is 1.22 bits per heavy atom. The molecule has 2 unspecified atom stereocenters. The third-order valence-electron chi connectivity index (χ3n) is 5.72. The molecule has 0 aliphatic heterocycles. The van der Waals surface area contributed by atoms with Crippen molar-refractivity contribution in [1.82, 2.24) is 4.90 Å². The van der Waals surface area contributed by atoms with Crippen molar-refractivity contribution in [2.75, 3.05) is 18.5 Å². The van der Waals surface area contributed by atoms with E-state index in [1.807, 2.05) is 51.2 Å². The van der Waals surface area contributed by atoms with Gasteiger partial charge in [-0.3, -0.25) is 4.90 Å². The third-order valence-corrected chi connectivity index (χ3v) is 5.72. The van der Waals surface area contributed by atoms with Gasteiger partial charge in [0.2, 0.25) is 0 Å². The fraction of sp³-hybridized carbons (Fsp3) is 0.400. The highest BCUT2D eigenvalue weighted by Crippen LogP contribution is 2.27. The van der Waals surface area contributed by atoms with Gasteiger partial charge in [-0.05, 0) is 56.5 Å². The van der Waals surface area contributed by atoms with E-state index in [1.54, 1.807) is 24.1 Å². The summed E-state index contributed by atoms with van der Waals surface area (Å²) in [6, 6.07) is 5.64. The van der Waals surface area contributed by atoms with Crippen LogP contribution >= 0.6 is 0 Å². The van der Waals surface area contributed by atoms with E-state index in [2.05, 4.69) is 37.6 Å². The molecule has 2 amide bonds. The number of amides is 2. The topological polar surface area (TPSA) is 45.1 Å². The summed E-state index contributed by atoms with van der Waals surface area (Å²) in [5.41, 5.74) is 1.79. The van der Waals surface area contributed by atoms with E-state index in [1.165, 1.54) is 17.0 Å². The van der Waals surface area contributed by atoms with Gasteiger partial charge in [-0.2, -0.15) is 0 Å². The summed E-state index contributed by atoms with van der Waals surface area (Å²) in [7, 11) is 1.78. The molecule has 1 aliphatic carbocycles. The largest absolute Gasteiger partial charge is 0.478 e. The number of ether oxygens (including phenoxy) is 1. The first-order valence-corrected chi connectivity index (χ1v) is 12.5. The Balaban J connectivity index is 2.35. The van der Waals surface area contributed by atoms with E-state index in [0.717, 1.165) is 6.42 Å². The molecule has 0 N–H and O–H groups in total. The number of nitrogens with zero attached hydrogens (tertiary/aromatic N) is 3. The second kappa shape index (κ2) is 14.2. The van der Waals surface area contributed by atoms with Crippen LogP contribution in [0.2, 0.25) is 0 Å². The Morgan fingerprint density at radius 2 is 1.89 bits per heavy atom. The molecule has 0 saturated carbocycles. The van der Waals surface area contributed by atoms with Crippen molar-refractivity contribution in [1.29, 1.82) is 0 Å². The van der Waals surface area contributed by atoms with Crippen molar-refractivity contribution in [3.05, 3.63) is 90.6 Å². The van der Waals surface area contributed by atoms with E-state index < -0.39 is 0 Å².